The van der Waals surface area contributed by atoms with Crippen molar-refractivity contribution in [2.75, 3.05) is 19.7 Å². The molecule has 3 rings (SSSR count). The van der Waals surface area contributed by atoms with Gasteiger partial charge in [-0.15, -0.1) is 12.4 Å². The van der Waals surface area contributed by atoms with Gasteiger partial charge < -0.3 is 15.8 Å². The zero-order valence-electron chi connectivity index (χ0n) is 17.8. The van der Waals surface area contributed by atoms with E-state index in [0.717, 1.165) is 25.8 Å². The van der Waals surface area contributed by atoms with Crippen LogP contribution in [0.1, 0.15) is 68.4 Å². The first-order chi connectivity index (χ1) is 14.3. The fourth-order valence-electron chi connectivity index (χ4n) is 4.17. The van der Waals surface area contributed by atoms with E-state index in [9.17, 15) is 4.79 Å². The summed E-state index contributed by atoms with van der Waals surface area (Å²) in [6.07, 6.45) is 9.32. The molecule has 1 aliphatic carbocycles. The molecule has 30 heavy (non-hydrogen) atoms. The molecule has 0 bridgehead atoms. The highest BCUT2D eigenvalue weighted by molar-refractivity contribution is 5.85. The summed E-state index contributed by atoms with van der Waals surface area (Å²) in [5, 5.41) is 2.90. The standard InChI is InChI=1S/C25H34N2O2.ClH/c26-17-11-5-3-1-2-4-6-12-18-27-25(28)29-19-24-22-15-9-7-13-20(22)21-14-8-10-16-23(21)24;/h7-10,13-16,24H,1-6,11-12,17-19,26H2,(H,27,28);1H. The summed E-state index contributed by atoms with van der Waals surface area (Å²) in [4.78, 5) is 12.1. The van der Waals surface area contributed by atoms with E-state index >= 15 is 0 Å². The molecule has 2 aromatic rings. The molecule has 0 aromatic heterocycles. The maximum atomic E-state index is 12.1. The maximum Gasteiger partial charge on any atom is 0.407 e. The first-order valence-electron chi connectivity index (χ1n) is 11.1. The lowest BCUT2D eigenvalue weighted by atomic mass is 9.98. The zero-order valence-corrected chi connectivity index (χ0v) is 18.6. The van der Waals surface area contributed by atoms with Gasteiger partial charge >= 0.3 is 6.09 Å². The van der Waals surface area contributed by atoms with Crippen molar-refractivity contribution in [3.8, 4) is 11.1 Å². The van der Waals surface area contributed by atoms with Crippen LogP contribution >= 0.6 is 12.4 Å². The van der Waals surface area contributed by atoms with E-state index in [2.05, 4.69) is 53.8 Å². The number of carbonyl (C=O) groups is 1. The number of hydrogen-bond donors (Lipinski definition) is 2. The third-order valence-corrected chi connectivity index (χ3v) is 5.74. The summed E-state index contributed by atoms with van der Waals surface area (Å²) in [7, 11) is 0. The average Bonchev–Trinajstić information content (AvgIpc) is 3.07. The van der Waals surface area contributed by atoms with Gasteiger partial charge in [0.2, 0.25) is 0 Å². The molecule has 0 atom stereocenters. The van der Waals surface area contributed by atoms with E-state index in [1.54, 1.807) is 0 Å². The van der Waals surface area contributed by atoms with Crippen LogP contribution in [0.25, 0.3) is 11.1 Å². The van der Waals surface area contributed by atoms with Gasteiger partial charge in [-0.2, -0.15) is 0 Å². The van der Waals surface area contributed by atoms with Crippen LogP contribution in [0.4, 0.5) is 4.79 Å². The van der Waals surface area contributed by atoms with Gasteiger partial charge in [-0.05, 0) is 41.6 Å². The number of unbranched alkanes of at least 4 members (excludes halogenated alkanes) is 7. The van der Waals surface area contributed by atoms with Gasteiger partial charge in [0.05, 0.1) is 0 Å². The maximum absolute atomic E-state index is 12.1. The largest absolute Gasteiger partial charge is 0.449 e. The minimum atomic E-state index is -0.311. The molecule has 1 amide bonds. The lowest BCUT2D eigenvalue weighted by Crippen LogP contribution is -2.27. The van der Waals surface area contributed by atoms with Crippen LogP contribution in [0, 0.1) is 0 Å². The summed E-state index contributed by atoms with van der Waals surface area (Å²) in [6, 6.07) is 16.8. The van der Waals surface area contributed by atoms with E-state index in [-0.39, 0.29) is 24.4 Å². The molecule has 0 heterocycles. The third-order valence-electron chi connectivity index (χ3n) is 5.74. The number of ether oxygens (including phenoxy) is 1. The highest BCUT2D eigenvalue weighted by atomic mass is 35.5. The Hall–Kier alpha value is -2.04. The zero-order chi connectivity index (χ0) is 20.3. The van der Waals surface area contributed by atoms with Crippen LogP contribution < -0.4 is 11.1 Å². The lowest BCUT2D eigenvalue weighted by molar-refractivity contribution is 0.143. The first kappa shape index (κ1) is 24.2. The van der Waals surface area contributed by atoms with Crippen LogP contribution in [-0.2, 0) is 4.74 Å². The Morgan fingerprint density at radius 1 is 0.800 bits per heavy atom. The van der Waals surface area contributed by atoms with E-state index in [1.165, 1.54) is 54.4 Å². The second kappa shape index (κ2) is 13.3. The van der Waals surface area contributed by atoms with Gasteiger partial charge in [-0.3, -0.25) is 0 Å². The van der Waals surface area contributed by atoms with Gasteiger partial charge in [0.25, 0.3) is 0 Å². The molecule has 4 nitrogen and oxygen atoms in total. The number of alkyl carbamates (subject to hydrolysis) is 1. The summed E-state index contributed by atoms with van der Waals surface area (Å²) in [5.74, 6) is 0.118. The van der Waals surface area contributed by atoms with Crippen LogP contribution in [0.5, 0.6) is 0 Å². The molecule has 0 spiro atoms. The smallest absolute Gasteiger partial charge is 0.407 e. The van der Waals surface area contributed by atoms with Gasteiger partial charge in [-0.25, -0.2) is 4.79 Å². The quantitative estimate of drug-likeness (QED) is 0.404. The predicted octanol–water partition coefficient (Wildman–Crippen LogP) is 6.03. The topological polar surface area (TPSA) is 64.3 Å². The number of hydrogen-bond acceptors (Lipinski definition) is 3. The SMILES string of the molecule is Cl.NCCCCCCCCCCNC(=O)OCC1c2ccccc2-c2ccccc21. The summed E-state index contributed by atoms with van der Waals surface area (Å²) >= 11 is 0. The van der Waals surface area contributed by atoms with Gasteiger partial charge in [-0.1, -0.05) is 87.1 Å². The Labute approximate surface area is 187 Å². The Kier molecular flexibility index (Phi) is 10.7. The van der Waals surface area contributed by atoms with Crippen molar-refractivity contribution in [3.63, 3.8) is 0 Å². The van der Waals surface area contributed by atoms with E-state index in [0.29, 0.717) is 13.2 Å². The molecule has 0 saturated carbocycles. The van der Waals surface area contributed by atoms with Crippen molar-refractivity contribution in [3.05, 3.63) is 59.7 Å². The Bertz CT molecular complexity index is 736. The molecule has 0 fully saturated rings. The van der Waals surface area contributed by atoms with Crippen molar-refractivity contribution in [1.82, 2.24) is 5.32 Å². The minimum absolute atomic E-state index is 0. The molecular formula is C25H35ClN2O2. The number of rotatable bonds is 12. The Balaban J connectivity index is 0.00000320. The van der Waals surface area contributed by atoms with Crippen molar-refractivity contribution in [2.24, 2.45) is 5.73 Å². The van der Waals surface area contributed by atoms with Gasteiger partial charge in [0.15, 0.2) is 0 Å². The Morgan fingerprint density at radius 2 is 1.30 bits per heavy atom. The number of amides is 1. The molecule has 164 valence electrons. The number of nitrogens with one attached hydrogen (secondary N) is 1. The normalized spacial score (nSPS) is 12.0. The van der Waals surface area contributed by atoms with Crippen molar-refractivity contribution >= 4 is 18.5 Å². The van der Waals surface area contributed by atoms with Gasteiger partial charge in [0, 0.05) is 12.5 Å². The fraction of sp³-hybridized carbons (Fsp3) is 0.480. The molecular weight excluding hydrogens is 396 g/mol. The molecule has 0 radical (unpaired) electrons. The molecule has 5 heteroatoms. The highest BCUT2D eigenvalue weighted by Gasteiger charge is 2.28. The van der Waals surface area contributed by atoms with Crippen LogP contribution in [0.2, 0.25) is 0 Å². The monoisotopic (exact) mass is 430 g/mol. The van der Waals surface area contributed by atoms with Crippen LogP contribution in [0.15, 0.2) is 48.5 Å². The van der Waals surface area contributed by atoms with E-state index < -0.39 is 0 Å². The van der Waals surface area contributed by atoms with E-state index in [4.69, 9.17) is 10.5 Å². The third kappa shape index (κ3) is 6.75. The first-order valence-corrected chi connectivity index (χ1v) is 11.1. The van der Waals surface area contributed by atoms with Gasteiger partial charge in [0.1, 0.15) is 6.61 Å². The number of benzene rings is 2. The molecule has 1 aliphatic rings. The number of halogens is 1. The van der Waals surface area contributed by atoms with Crippen LogP contribution in [-0.4, -0.2) is 25.8 Å². The predicted molar refractivity (Wildman–Crippen MR) is 126 cm³/mol. The highest BCUT2D eigenvalue weighted by Crippen LogP contribution is 2.44. The average molecular weight is 431 g/mol. The summed E-state index contributed by atoms with van der Waals surface area (Å²) in [5.41, 5.74) is 10.5. The number of nitrogens with two attached hydrogens (primary N) is 1. The second-order valence-corrected chi connectivity index (χ2v) is 7.87. The lowest BCUT2D eigenvalue weighted by Gasteiger charge is -2.14. The minimum Gasteiger partial charge on any atom is -0.449 e. The number of fused-ring (bicyclic) bond motifs is 3. The molecule has 0 saturated heterocycles. The second-order valence-electron chi connectivity index (χ2n) is 7.87. The molecule has 2 aromatic carbocycles. The molecule has 0 unspecified atom stereocenters. The Morgan fingerprint density at radius 3 is 1.87 bits per heavy atom. The van der Waals surface area contributed by atoms with Crippen LogP contribution in [0.3, 0.4) is 0 Å². The van der Waals surface area contributed by atoms with Crippen molar-refractivity contribution < 1.29 is 9.53 Å². The summed E-state index contributed by atoms with van der Waals surface area (Å²) < 4.78 is 5.56. The van der Waals surface area contributed by atoms with E-state index in [1.807, 2.05) is 0 Å². The molecule has 0 aliphatic heterocycles. The van der Waals surface area contributed by atoms with Crippen molar-refractivity contribution in [2.45, 2.75) is 57.3 Å². The molecule has 3 N–H and O–H groups in total. The summed E-state index contributed by atoms with van der Waals surface area (Å²) in [6.45, 7) is 1.87. The van der Waals surface area contributed by atoms with Crippen molar-refractivity contribution in [1.29, 1.82) is 0 Å². The number of carbonyl (C=O) groups excluding carboxylic acids is 1. The fourth-order valence-corrected chi connectivity index (χ4v) is 4.17.